The molecule has 0 fully saturated rings. The minimum atomic E-state index is -0.465. The van der Waals surface area contributed by atoms with Crippen molar-refractivity contribution in [3.05, 3.63) is 83.9 Å². The molecule has 0 aliphatic heterocycles. The molecule has 0 saturated carbocycles. The quantitative estimate of drug-likeness (QED) is 0.655. The molecule has 0 unspecified atom stereocenters. The average molecular weight is 362 g/mol. The Morgan fingerprint density at radius 3 is 2.63 bits per heavy atom. The molecule has 0 radical (unpaired) electrons. The van der Waals surface area contributed by atoms with Crippen LogP contribution in [-0.2, 0) is 11.3 Å². The van der Waals surface area contributed by atoms with Crippen LogP contribution in [0.3, 0.4) is 0 Å². The molecule has 0 aliphatic rings. The Morgan fingerprint density at radius 1 is 1.04 bits per heavy atom. The highest BCUT2D eigenvalue weighted by Gasteiger charge is 2.10. The number of hydrogen-bond acceptors (Lipinski definition) is 6. The van der Waals surface area contributed by atoms with E-state index in [0.29, 0.717) is 17.8 Å². The second-order valence-corrected chi connectivity index (χ2v) is 5.67. The number of benzene rings is 1. The molecular formula is C20H18N4O3. The number of hydrogen-bond donors (Lipinski definition) is 2. The van der Waals surface area contributed by atoms with Crippen molar-refractivity contribution in [2.24, 2.45) is 0 Å². The monoisotopic (exact) mass is 362 g/mol. The minimum Gasteiger partial charge on any atom is -0.465 e. The summed E-state index contributed by atoms with van der Waals surface area (Å²) in [6.45, 7) is 0.612. The lowest BCUT2D eigenvalue weighted by atomic mass is 10.2. The van der Waals surface area contributed by atoms with Crippen molar-refractivity contribution >= 4 is 23.3 Å². The number of ether oxygens (including phenoxy) is 1. The van der Waals surface area contributed by atoms with Crippen molar-refractivity contribution < 1.29 is 14.3 Å². The third-order valence-electron chi connectivity index (χ3n) is 3.76. The molecule has 7 nitrogen and oxygen atoms in total. The van der Waals surface area contributed by atoms with Gasteiger partial charge < -0.3 is 15.4 Å². The lowest BCUT2D eigenvalue weighted by Crippen LogP contribution is -2.14. The molecule has 7 heteroatoms. The first-order valence-electron chi connectivity index (χ1n) is 8.24. The van der Waals surface area contributed by atoms with Crippen LogP contribution in [0.15, 0.2) is 67.1 Å². The first-order valence-corrected chi connectivity index (χ1v) is 8.24. The van der Waals surface area contributed by atoms with Gasteiger partial charge in [0.05, 0.1) is 24.6 Å². The predicted octanol–water partition coefficient (Wildman–Crippen LogP) is 3.13. The zero-order valence-corrected chi connectivity index (χ0v) is 14.7. The molecular weight excluding hydrogens is 344 g/mol. The summed E-state index contributed by atoms with van der Waals surface area (Å²) in [6.07, 6.45) is 5.10. The van der Waals surface area contributed by atoms with Gasteiger partial charge in [-0.25, -0.2) is 9.78 Å². The average Bonchev–Trinajstić information content (AvgIpc) is 2.73. The van der Waals surface area contributed by atoms with Gasteiger partial charge in [0.2, 0.25) is 0 Å². The summed E-state index contributed by atoms with van der Waals surface area (Å²) in [7, 11) is 1.31. The van der Waals surface area contributed by atoms with Crippen LogP contribution in [0, 0.1) is 0 Å². The molecule has 2 N–H and O–H groups in total. The van der Waals surface area contributed by atoms with Crippen molar-refractivity contribution in [3.63, 3.8) is 0 Å². The highest BCUT2D eigenvalue weighted by molar-refractivity contribution is 6.03. The molecule has 1 aromatic carbocycles. The molecule has 0 aliphatic carbocycles. The number of nitrogens with zero attached hydrogens (tertiary/aromatic N) is 2. The van der Waals surface area contributed by atoms with Gasteiger partial charge in [-0.2, -0.15) is 0 Å². The Balaban J connectivity index is 1.61. The van der Waals surface area contributed by atoms with Crippen molar-refractivity contribution in [2.45, 2.75) is 6.54 Å². The Morgan fingerprint density at radius 2 is 1.93 bits per heavy atom. The van der Waals surface area contributed by atoms with E-state index >= 15 is 0 Å². The fourth-order valence-corrected chi connectivity index (χ4v) is 2.38. The number of methoxy groups -OCH3 is 1. The van der Waals surface area contributed by atoms with Crippen molar-refractivity contribution in [2.75, 3.05) is 17.7 Å². The van der Waals surface area contributed by atoms with Crippen LogP contribution in [0.5, 0.6) is 0 Å². The highest BCUT2D eigenvalue weighted by atomic mass is 16.5. The van der Waals surface area contributed by atoms with E-state index in [9.17, 15) is 9.59 Å². The van der Waals surface area contributed by atoms with E-state index in [4.69, 9.17) is 0 Å². The van der Waals surface area contributed by atoms with Crippen LogP contribution in [-0.4, -0.2) is 29.0 Å². The van der Waals surface area contributed by atoms with Gasteiger partial charge in [-0.1, -0.05) is 12.1 Å². The normalized spacial score (nSPS) is 10.1. The zero-order chi connectivity index (χ0) is 19.1. The summed E-state index contributed by atoms with van der Waals surface area (Å²) in [6, 6.07) is 13.8. The molecule has 3 rings (SSSR count). The van der Waals surface area contributed by atoms with Crippen LogP contribution in [0.1, 0.15) is 26.4 Å². The van der Waals surface area contributed by atoms with E-state index in [1.54, 1.807) is 55.0 Å². The number of pyridine rings is 2. The molecule has 0 atom stereocenters. The SMILES string of the molecule is COC(=O)c1cccc(NC(=O)c2ccc(NCc3cccnc3)cn2)c1. The zero-order valence-electron chi connectivity index (χ0n) is 14.7. The van der Waals surface area contributed by atoms with Crippen LogP contribution in [0.4, 0.5) is 11.4 Å². The molecule has 0 spiro atoms. The van der Waals surface area contributed by atoms with Gasteiger partial charge in [0.1, 0.15) is 5.69 Å². The van der Waals surface area contributed by atoms with Crippen LogP contribution < -0.4 is 10.6 Å². The van der Waals surface area contributed by atoms with Crippen LogP contribution in [0.25, 0.3) is 0 Å². The summed E-state index contributed by atoms with van der Waals surface area (Å²) in [5.41, 5.74) is 2.96. The number of aromatic nitrogens is 2. The van der Waals surface area contributed by atoms with Gasteiger partial charge >= 0.3 is 5.97 Å². The highest BCUT2D eigenvalue weighted by Crippen LogP contribution is 2.14. The predicted molar refractivity (Wildman–Crippen MR) is 102 cm³/mol. The van der Waals surface area contributed by atoms with E-state index in [1.807, 2.05) is 12.1 Å². The molecule has 3 aromatic rings. The first-order chi connectivity index (χ1) is 13.2. The van der Waals surface area contributed by atoms with Gasteiger partial charge in [0.15, 0.2) is 0 Å². The maximum absolute atomic E-state index is 12.3. The second kappa shape index (κ2) is 8.57. The summed E-state index contributed by atoms with van der Waals surface area (Å²) in [5, 5.41) is 5.93. The van der Waals surface area contributed by atoms with Crippen molar-refractivity contribution in [3.8, 4) is 0 Å². The van der Waals surface area contributed by atoms with Gasteiger partial charge in [-0.3, -0.25) is 9.78 Å². The van der Waals surface area contributed by atoms with Crippen LogP contribution in [0.2, 0.25) is 0 Å². The number of carbonyl (C=O) groups excluding carboxylic acids is 2. The summed E-state index contributed by atoms with van der Waals surface area (Å²) >= 11 is 0. The Hall–Kier alpha value is -3.74. The van der Waals surface area contributed by atoms with Gasteiger partial charge in [-0.15, -0.1) is 0 Å². The number of anilines is 2. The van der Waals surface area contributed by atoms with E-state index in [0.717, 1.165) is 11.3 Å². The number of amides is 1. The van der Waals surface area contributed by atoms with Gasteiger partial charge in [0.25, 0.3) is 5.91 Å². The lowest BCUT2D eigenvalue weighted by Gasteiger charge is -2.08. The van der Waals surface area contributed by atoms with Gasteiger partial charge in [0, 0.05) is 24.6 Å². The first kappa shape index (κ1) is 18.1. The maximum Gasteiger partial charge on any atom is 0.337 e. The topological polar surface area (TPSA) is 93.2 Å². The third-order valence-corrected chi connectivity index (χ3v) is 3.76. The number of esters is 1. The van der Waals surface area contributed by atoms with E-state index in [-0.39, 0.29) is 11.6 Å². The molecule has 136 valence electrons. The standard InChI is InChI=1S/C20H18N4O3/c1-27-20(26)15-5-2-6-16(10-15)24-19(25)18-8-7-17(13-23-18)22-12-14-4-3-9-21-11-14/h2-11,13,22H,12H2,1H3,(H,24,25). The molecule has 27 heavy (non-hydrogen) atoms. The summed E-state index contributed by atoms with van der Waals surface area (Å²) < 4.78 is 4.67. The Bertz CT molecular complexity index is 927. The molecule has 0 saturated heterocycles. The van der Waals surface area contributed by atoms with Gasteiger partial charge in [-0.05, 0) is 42.0 Å². The van der Waals surface area contributed by atoms with Crippen LogP contribution >= 0.6 is 0 Å². The Kier molecular flexibility index (Phi) is 5.73. The summed E-state index contributed by atoms with van der Waals surface area (Å²) in [5.74, 6) is -0.830. The smallest absolute Gasteiger partial charge is 0.337 e. The molecule has 2 aromatic heterocycles. The molecule has 0 bridgehead atoms. The second-order valence-electron chi connectivity index (χ2n) is 5.67. The van der Waals surface area contributed by atoms with E-state index in [2.05, 4.69) is 25.3 Å². The van der Waals surface area contributed by atoms with Crippen molar-refractivity contribution in [1.29, 1.82) is 0 Å². The minimum absolute atomic E-state index is 0.269. The van der Waals surface area contributed by atoms with E-state index in [1.165, 1.54) is 7.11 Å². The van der Waals surface area contributed by atoms with E-state index < -0.39 is 5.97 Å². The fraction of sp³-hybridized carbons (Fsp3) is 0.100. The maximum atomic E-state index is 12.3. The number of nitrogens with one attached hydrogen (secondary N) is 2. The Labute approximate surface area is 156 Å². The third kappa shape index (κ3) is 4.88. The molecule has 1 amide bonds. The largest absolute Gasteiger partial charge is 0.465 e. The van der Waals surface area contributed by atoms with Crippen molar-refractivity contribution in [1.82, 2.24) is 9.97 Å². The fourth-order valence-electron chi connectivity index (χ4n) is 2.38. The number of carbonyl (C=O) groups is 2. The lowest BCUT2D eigenvalue weighted by molar-refractivity contribution is 0.0600. The number of rotatable bonds is 6. The summed E-state index contributed by atoms with van der Waals surface area (Å²) in [4.78, 5) is 32.1. The molecule has 2 heterocycles.